The highest BCUT2D eigenvalue weighted by atomic mass is 32.2. The number of fused-ring (bicyclic) bond motifs is 1. The Bertz CT molecular complexity index is 2770. The maximum absolute atomic E-state index is 13.4. The van der Waals surface area contributed by atoms with Gasteiger partial charge in [-0.2, -0.15) is 18.4 Å². The van der Waals surface area contributed by atoms with Crippen LogP contribution in [0.3, 0.4) is 0 Å². The number of hydrogen-bond acceptors (Lipinski definition) is 13. The molecule has 15 nitrogen and oxygen atoms in total. The van der Waals surface area contributed by atoms with E-state index in [1.807, 2.05) is 24.4 Å². The van der Waals surface area contributed by atoms with Crippen molar-refractivity contribution in [1.82, 2.24) is 24.8 Å². The number of nitriles is 1. The van der Waals surface area contributed by atoms with Crippen LogP contribution in [0.1, 0.15) is 62.8 Å². The van der Waals surface area contributed by atoms with Gasteiger partial charge in [0, 0.05) is 67.0 Å². The molecule has 2 aromatic carbocycles. The number of carbonyl (C=O) groups excluding carboxylic acids is 1. The number of anilines is 2. The summed E-state index contributed by atoms with van der Waals surface area (Å²) >= 11 is 0. The van der Waals surface area contributed by atoms with E-state index in [2.05, 4.69) is 32.0 Å². The Labute approximate surface area is 363 Å². The van der Waals surface area contributed by atoms with Crippen LogP contribution in [0, 0.1) is 16.1 Å². The third kappa shape index (κ3) is 9.96. The Kier molecular flexibility index (Phi) is 12.6. The quantitative estimate of drug-likeness (QED) is 0.0781. The average Bonchev–Trinajstić information content (AvgIpc) is 3.92. The first-order valence-corrected chi connectivity index (χ1v) is 24.0. The highest BCUT2D eigenvalue weighted by Crippen LogP contribution is 2.53. The number of alkyl halides is 3. The highest BCUT2D eigenvalue weighted by molar-refractivity contribution is 7.93. The summed E-state index contributed by atoms with van der Waals surface area (Å²) in [5.41, 5.74) is -2.64. The predicted molar refractivity (Wildman–Crippen MR) is 231 cm³/mol. The predicted octanol–water partition coefficient (Wildman–Crippen LogP) is 6.50. The molecule has 334 valence electrons. The summed E-state index contributed by atoms with van der Waals surface area (Å²) in [5.74, 6) is -0.587. The molecule has 1 aliphatic heterocycles. The van der Waals surface area contributed by atoms with Crippen LogP contribution in [-0.4, -0.2) is 105 Å². The summed E-state index contributed by atoms with van der Waals surface area (Å²) in [6.07, 6.45) is 4.02. The number of aromatic nitrogens is 4. The number of nitrogens with zero attached hydrogens (tertiary/aromatic N) is 6. The molecule has 0 radical (unpaired) electrons. The Hall–Kier alpha value is -5.62. The van der Waals surface area contributed by atoms with Crippen molar-refractivity contribution in [2.75, 3.05) is 55.0 Å². The molecule has 0 bridgehead atoms. The van der Waals surface area contributed by atoms with Crippen LogP contribution < -0.4 is 15.0 Å². The fourth-order valence-corrected chi connectivity index (χ4v) is 10.9. The van der Waals surface area contributed by atoms with Crippen molar-refractivity contribution in [3.8, 4) is 23.2 Å². The molecular formula is C43H48F3N9O6S2. The standard InChI is InChI=1S/C43H48F3N9O6S2/c1-28-26-54(20-21-55(28)37-24-36(42(15-16-42)62(3,48)58)52-39(53-37)34-14-18-50-38-33(34)13-17-49-38)19-5-4-6-22-61-31-9-11-32(12-10-31)63(59,60)27-41(2,57)40(56)51-30-8-7-29(25-47)35(23-30)43(44,45)46/h7-14,17-18,23-24,28,48,57H,4-6,15-16,19-22,26-27H2,1-3H3,(H,49,50)(H,51,56)/t28-,41+,62-/m1/s1. The van der Waals surface area contributed by atoms with Crippen molar-refractivity contribution in [3.63, 3.8) is 0 Å². The zero-order chi connectivity index (χ0) is 45.4. The molecule has 63 heavy (non-hydrogen) atoms. The number of carbonyl (C=O) groups is 1. The van der Waals surface area contributed by atoms with Crippen LogP contribution in [0.2, 0.25) is 0 Å². The lowest BCUT2D eigenvalue weighted by Gasteiger charge is -2.41. The molecule has 20 heteroatoms. The Balaban J connectivity index is 0.879. The lowest BCUT2D eigenvalue weighted by molar-refractivity contribution is -0.137. The van der Waals surface area contributed by atoms with Crippen molar-refractivity contribution in [1.29, 1.82) is 10.0 Å². The Morgan fingerprint density at radius 3 is 2.48 bits per heavy atom. The number of ether oxygens (including phenoxy) is 1. The maximum Gasteiger partial charge on any atom is 0.417 e. The van der Waals surface area contributed by atoms with E-state index in [-0.39, 0.29) is 16.6 Å². The molecule has 2 aliphatic rings. The van der Waals surface area contributed by atoms with Crippen molar-refractivity contribution in [3.05, 3.63) is 89.9 Å². The van der Waals surface area contributed by atoms with Gasteiger partial charge in [0.25, 0.3) is 5.91 Å². The number of rotatable bonds is 16. The molecule has 4 heterocycles. The first-order chi connectivity index (χ1) is 29.7. The number of sulfone groups is 1. The van der Waals surface area contributed by atoms with Crippen LogP contribution in [-0.2, 0) is 35.3 Å². The molecule has 1 saturated carbocycles. The number of benzene rings is 2. The number of piperazine rings is 1. The topological polar surface area (TPSA) is 218 Å². The number of amides is 1. The number of H-pyrrole nitrogens is 1. The molecule has 3 aromatic heterocycles. The molecule has 7 rings (SSSR count). The fourth-order valence-electron chi connectivity index (χ4n) is 7.91. The Morgan fingerprint density at radius 2 is 1.81 bits per heavy atom. The molecule has 2 fully saturated rings. The number of unbranched alkanes of at least 4 members (excludes halogenated alkanes) is 2. The van der Waals surface area contributed by atoms with Gasteiger partial charge in [0.1, 0.15) is 17.2 Å². The number of pyridine rings is 1. The molecule has 1 saturated heterocycles. The van der Waals surface area contributed by atoms with Crippen molar-refractivity contribution in [2.24, 2.45) is 0 Å². The van der Waals surface area contributed by atoms with E-state index in [1.165, 1.54) is 36.6 Å². The molecule has 0 spiro atoms. The highest BCUT2D eigenvalue weighted by Gasteiger charge is 2.53. The van der Waals surface area contributed by atoms with Crippen molar-refractivity contribution >= 4 is 48.0 Å². The van der Waals surface area contributed by atoms with E-state index < -0.39 is 58.9 Å². The largest absolute Gasteiger partial charge is 0.494 e. The van der Waals surface area contributed by atoms with Crippen LogP contribution >= 0.6 is 0 Å². The second-order valence-electron chi connectivity index (χ2n) is 16.5. The number of nitrogens with one attached hydrogen (secondary N) is 3. The molecule has 1 amide bonds. The van der Waals surface area contributed by atoms with Crippen LogP contribution in [0.25, 0.3) is 22.4 Å². The summed E-state index contributed by atoms with van der Waals surface area (Å²) < 4.78 is 93.2. The summed E-state index contributed by atoms with van der Waals surface area (Å²) in [4.78, 5) is 34.8. The van der Waals surface area contributed by atoms with Crippen LogP contribution in [0.15, 0.2) is 78.0 Å². The van der Waals surface area contributed by atoms with Crippen molar-refractivity contribution in [2.45, 2.75) is 73.4 Å². The zero-order valence-electron chi connectivity index (χ0n) is 34.9. The van der Waals surface area contributed by atoms with E-state index in [4.69, 9.17) is 24.7 Å². The lowest BCUT2D eigenvalue weighted by Crippen LogP contribution is -2.52. The third-order valence-electron chi connectivity index (χ3n) is 11.6. The monoisotopic (exact) mass is 907 g/mol. The van der Waals surface area contributed by atoms with Gasteiger partial charge in [-0.3, -0.25) is 14.5 Å². The molecule has 1 aliphatic carbocycles. The first-order valence-electron chi connectivity index (χ1n) is 20.4. The van der Waals surface area contributed by atoms with Crippen LogP contribution in [0.4, 0.5) is 24.7 Å². The van der Waals surface area contributed by atoms with E-state index in [9.17, 15) is 35.7 Å². The van der Waals surface area contributed by atoms with Gasteiger partial charge < -0.3 is 25.0 Å². The second kappa shape index (κ2) is 17.5. The van der Waals surface area contributed by atoms with Gasteiger partial charge in [0.05, 0.1) is 54.6 Å². The maximum atomic E-state index is 13.4. The van der Waals surface area contributed by atoms with Gasteiger partial charge in [-0.15, -0.1) is 0 Å². The number of aliphatic hydroxyl groups is 1. The average molecular weight is 908 g/mol. The molecule has 5 aromatic rings. The minimum Gasteiger partial charge on any atom is -0.494 e. The molecular weight excluding hydrogens is 860 g/mol. The Morgan fingerprint density at radius 1 is 1.06 bits per heavy atom. The zero-order valence-corrected chi connectivity index (χ0v) is 36.5. The van der Waals surface area contributed by atoms with E-state index in [1.54, 1.807) is 6.20 Å². The van der Waals surface area contributed by atoms with Gasteiger partial charge in [-0.25, -0.2) is 27.6 Å². The van der Waals surface area contributed by atoms with Gasteiger partial charge in [0.2, 0.25) is 0 Å². The van der Waals surface area contributed by atoms with Gasteiger partial charge in [-0.05, 0) is 107 Å². The smallest absolute Gasteiger partial charge is 0.417 e. The molecule has 4 N–H and O–H groups in total. The summed E-state index contributed by atoms with van der Waals surface area (Å²) in [6, 6.07) is 15.3. The summed E-state index contributed by atoms with van der Waals surface area (Å²) in [5, 5.41) is 22.8. The van der Waals surface area contributed by atoms with Gasteiger partial charge in [0.15, 0.2) is 21.3 Å². The SMILES string of the molecule is C[C@@H]1CN(CCCCCOc2ccc(S(=O)(=O)C[C@](C)(O)C(=O)Nc3ccc(C#N)c(C(F)(F)F)c3)cc2)CCN1c1cc(C2([S@](C)(=N)=O)CC2)nc(-c2ccnc3[nH]ccc23)n1. The number of hydrogen-bond donors (Lipinski definition) is 4. The number of halogens is 3. The van der Waals surface area contributed by atoms with Crippen molar-refractivity contribution < 1.29 is 40.4 Å². The molecule has 0 unspecified atom stereocenters. The summed E-state index contributed by atoms with van der Waals surface area (Å²) in [7, 11) is -7.15. The van der Waals surface area contributed by atoms with E-state index in [0.717, 1.165) is 86.9 Å². The second-order valence-corrected chi connectivity index (χ2v) is 20.9. The third-order valence-corrected chi connectivity index (χ3v) is 15.6. The van der Waals surface area contributed by atoms with E-state index in [0.29, 0.717) is 42.8 Å². The summed E-state index contributed by atoms with van der Waals surface area (Å²) in [6.45, 7) is 6.74. The normalized spacial score (nSPS) is 18.6. The minimum absolute atomic E-state index is 0.124. The minimum atomic E-state index is -4.88. The molecule has 3 atom stereocenters. The van der Waals surface area contributed by atoms with Crippen LogP contribution in [0.5, 0.6) is 5.75 Å². The fraction of sp³-hybridized carbons (Fsp3) is 0.419. The lowest BCUT2D eigenvalue weighted by atomic mass is 10.1. The van der Waals surface area contributed by atoms with E-state index >= 15 is 0 Å². The van der Waals surface area contributed by atoms with Gasteiger partial charge >= 0.3 is 6.18 Å². The first kappa shape index (κ1) is 45.4. The van der Waals surface area contributed by atoms with Gasteiger partial charge in [-0.1, -0.05) is 0 Å². The number of aromatic amines is 1.